The molecule has 6 unspecified atom stereocenters. The molecule has 10 atom stereocenters. The molecule has 2 rings (SSSR count). The van der Waals surface area contributed by atoms with Gasteiger partial charge >= 0.3 is 5.97 Å². The molecule has 0 aromatic heterocycles. The molecule has 2 aliphatic rings. The molecule has 0 radical (unpaired) electrons. The van der Waals surface area contributed by atoms with Crippen molar-refractivity contribution in [3.05, 3.63) is 0 Å². The molecule has 172 valence electrons. The van der Waals surface area contributed by atoms with Crippen LogP contribution >= 0.6 is 0 Å². The Morgan fingerprint density at radius 1 is 0.967 bits per heavy atom. The quantitative estimate of drug-likeness (QED) is 0.157. The van der Waals surface area contributed by atoms with E-state index in [1.807, 2.05) is 0 Å². The lowest BCUT2D eigenvalue weighted by Crippen LogP contribution is -2.61. The van der Waals surface area contributed by atoms with Crippen LogP contribution in [0.3, 0.4) is 0 Å². The highest BCUT2D eigenvalue weighted by molar-refractivity contribution is 5.69. The second-order valence-electron chi connectivity index (χ2n) is 7.18. The van der Waals surface area contributed by atoms with Gasteiger partial charge in [-0.3, -0.25) is 4.79 Å². The number of rotatable bonds is 6. The summed E-state index contributed by atoms with van der Waals surface area (Å²) < 4.78 is 20.8. The van der Waals surface area contributed by atoms with E-state index in [1.54, 1.807) is 0 Å². The van der Waals surface area contributed by atoms with Gasteiger partial charge in [-0.25, -0.2) is 0 Å². The molecule has 0 spiro atoms. The maximum absolute atomic E-state index is 11.6. The number of aliphatic hydroxyl groups is 7. The van der Waals surface area contributed by atoms with Gasteiger partial charge in [-0.1, -0.05) is 0 Å². The first kappa shape index (κ1) is 24.9. The van der Waals surface area contributed by atoms with Crippen molar-refractivity contribution < 1.29 is 59.5 Å². The summed E-state index contributed by atoms with van der Waals surface area (Å²) in [6.07, 6.45) is -11.1. The fourth-order valence-corrected chi connectivity index (χ4v) is 3.02. The van der Waals surface area contributed by atoms with Crippen molar-refractivity contribution in [2.75, 3.05) is 13.2 Å². The maximum atomic E-state index is 11.6. The fraction of sp³-hybridized carbons (Fsp3) is 0.833. The molecule has 2 aliphatic heterocycles. The zero-order chi connectivity index (χ0) is 22.4. The van der Waals surface area contributed by atoms with Gasteiger partial charge in [0.05, 0.1) is 25.2 Å². The van der Waals surface area contributed by atoms with E-state index in [9.17, 15) is 40.5 Å². The number of terminal acetylenes is 1. The van der Waals surface area contributed by atoms with Crippen molar-refractivity contribution in [3.63, 3.8) is 0 Å². The highest BCUT2D eigenvalue weighted by Gasteiger charge is 2.47. The molecule has 0 aromatic carbocycles. The van der Waals surface area contributed by atoms with Gasteiger partial charge in [-0.05, 0) is 0 Å². The SMILES string of the molecule is C#CCCC(=O)OCC1O[C@H](O[C@H]2OCC(O)C[C@@H](O)C(O)C2O)C(O)C(O)[C@@H]1O. The number of aliphatic hydroxyl groups excluding tert-OH is 7. The van der Waals surface area contributed by atoms with Crippen LogP contribution in [0.15, 0.2) is 0 Å². The zero-order valence-electron chi connectivity index (χ0n) is 16.1. The summed E-state index contributed by atoms with van der Waals surface area (Å²) in [6.45, 7) is -0.849. The summed E-state index contributed by atoms with van der Waals surface area (Å²) in [5.74, 6) is 1.61. The molecule has 0 amide bonds. The van der Waals surface area contributed by atoms with Crippen LogP contribution in [-0.2, 0) is 23.7 Å². The molecule has 2 saturated heterocycles. The standard InChI is InChI=1S/C18H28O12/c1-2-3-4-11(21)27-7-10-13(23)14(24)16(26)18(29-10)30-17-15(25)12(22)9(20)5-8(19)6-28-17/h1,8-10,12-20,22-26H,3-7H2/t8?,9-,10?,12?,13-,14?,15?,16?,17-,18-/m1/s1. The van der Waals surface area contributed by atoms with Crippen molar-refractivity contribution in [2.24, 2.45) is 0 Å². The normalized spacial score (nSPS) is 42.6. The van der Waals surface area contributed by atoms with E-state index in [1.165, 1.54) is 0 Å². The van der Waals surface area contributed by atoms with Gasteiger partial charge in [0, 0.05) is 12.8 Å². The number of hydrogen-bond donors (Lipinski definition) is 7. The van der Waals surface area contributed by atoms with Gasteiger partial charge in [0.2, 0.25) is 0 Å². The van der Waals surface area contributed by atoms with E-state index in [-0.39, 0.29) is 25.9 Å². The molecule has 12 heteroatoms. The van der Waals surface area contributed by atoms with Gasteiger partial charge in [0.15, 0.2) is 12.6 Å². The largest absolute Gasteiger partial charge is 0.463 e. The minimum atomic E-state index is -1.79. The van der Waals surface area contributed by atoms with Crippen LogP contribution in [0.2, 0.25) is 0 Å². The highest BCUT2D eigenvalue weighted by atomic mass is 16.8. The predicted molar refractivity (Wildman–Crippen MR) is 95.2 cm³/mol. The maximum Gasteiger partial charge on any atom is 0.306 e. The number of hydrogen-bond acceptors (Lipinski definition) is 12. The lowest BCUT2D eigenvalue weighted by atomic mass is 9.98. The smallest absolute Gasteiger partial charge is 0.306 e. The molecule has 0 saturated carbocycles. The lowest BCUT2D eigenvalue weighted by Gasteiger charge is -2.42. The first-order chi connectivity index (χ1) is 14.1. The van der Waals surface area contributed by atoms with Crippen molar-refractivity contribution in [1.29, 1.82) is 0 Å². The third kappa shape index (κ3) is 6.32. The Labute approximate surface area is 172 Å². The van der Waals surface area contributed by atoms with Crippen LogP contribution < -0.4 is 0 Å². The molecule has 2 heterocycles. The van der Waals surface area contributed by atoms with Gasteiger partial charge in [-0.2, -0.15) is 0 Å². The molecule has 12 nitrogen and oxygen atoms in total. The molecular weight excluding hydrogens is 408 g/mol. The Morgan fingerprint density at radius 3 is 2.30 bits per heavy atom. The Morgan fingerprint density at radius 2 is 1.63 bits per heavy atom. The monoisotopic (exact) mass is 436 g/mol. The summed E-state index contributed by atoms with van der Waals surface area (Å²) in [6, 6.07) is 0. The second kappa shape index (κ2) is 11.3. The Hall–Kier alpha value is -1.37. The van der Waals surface area contributed by atoms with Crippen molar-refractivity contribution in [3.8, 4) is 12.3 Å². The molecule has 0 bridgehead atoms. The highest BCUT2D eigenvalue weighted by Crippen LogP contribution is 2.26. The van der Waals surface area contributed by atoms with Gasteiger partial charge in [-0.15, -0.1) is 12.3 Å². The average Bonchev–Trinajstić information content (AvgIpc) is 2.72. The Kier molecular flexibility index (Phi) is 9.38. The Balaban J connectivity index is 2.03. The van der Waals surface area contributed by atoms with E-state index < -0.39 is 74.0 Å². The van der Waals surface area contributed by atoms with Crippen LogP contribution in [0.4, 0.5) is 0 Å². The van der Waals surface area contributed by atoms with E-state index in [4.69, 9.17) is 25.4 Å². The zero-order valence-corrected chi connectivity index (χ0v) is 16.1. The number of carbonyl (C=O) groups is 1. The van der Waals surface area contributed by atoms with Crippen LogP contribution in [0.5, 0.6) is 0 Å². The van der Waals surface area contributed by atoms with Gasteiger partial charge < -0.3 is 54.7 Å². The summed E-state index contributed by atoms with van der Waals surface area (Å²) in [4.78, 5) is 11.6. The fourth-order valence-electron chi connectivity index (χ4n) is 3.02. The second-order valence-corrected chi connectivity index (χ2v) is 7.18. The number of carbonyl (C=O) groups excluding carboxylic acids is 1. The average molecular weight is 436 g/mol. The lowest BCUT2D eigenvalue weighted by molar-refractivity contribution is -0.357. The van der Waals surface area contributed by atoms with Crippen LogP contribution in [0, 0.1) is 12.3 Å². The summed E-state index contributed by atoms with van der Waals surface area (Å²) in [5.41, 5.74) is 0. The number of esters is 1. The van der Waals surface area contributed by atoms with Crippen LogP contribution in [-0.4, -0.2) is 116 Å². The van der Waals surface area contributed by atoms with E-state index in [2.05, 4.69) is 5.92 Å². The number of ether oxygens (including phenoxy) is 4. The van der Waals surface area contributed by atoms with E-state index in [0.29, 0.717) is 0 Å². The van der Waals surface area contributed by atoms with Crippen molar-refractivity contribution in [1.82, 2.24) is 0 Å². The van der Waals surface area contributed by atoms with Crippen molar-refractivity contribution >= 4 is 5.97 Å². The van der Waals surface area contributed by atoms with E-state index in [0.717, 1.165) is 0 Å². The van der Waals surface area contributed by atoms with Crippen molar-refractivity contribution in [2.45, 2.75) is 80.7 Å². The van der Waals surface area contributed by atoms with Crippen LogP contribution in [0.25, 0.3) is 0 Å². The van der Waals surface area contributed by atoms with E-state index >= 15 is 0 Å². The molecule has 0 aliphatic carbocycles. The predicted octanol–water partition coefficient (Wildman–Crippen LogP) is -4.04. The summed E-state index contributed by atoms with van der Waals surface area (Å²) >= 11 is 0. The topological polar surface area (TPSA) is 196 Å². The van der Waals surface area contributed by atoms with Gasteiger partial charge in [0.1, 0.15) is 43.2 Å². The molecule has 7 N–H and O–H groups in total. The third-order valence-corrected chi connectivity index (χ3v) is 4.81. The van der Waals surface area contributed by atoms with Gasteiger partial charge in [0.25, 0.3) is 0 Å². The first-order valence-corrected chi connectivity index (χ1v) is 9.43. The molecular formula is C18H28O12. The summed E-state index contributed by atoms with van der Waals surface area (Å²) in [5, 5.41) is 69.9. The Bertz CT molecular complexity index is 594. The molecule has 2 fully saturated rings. The minimum absolute atomic E-state index is 0.0604. The molecule has 0 aromatic rings. The first-order valence-electron chi connectivity index (χ1n) is 9.43. The minimum Gasteiger partial charge on any atom is -0.463 e. The molecule has 30 heavy (non-hydrogen) atoms. The summed E-state index contributed by atoms with van der Waals surface area (Å²) in [7, 11) is 0. The van der Waals surface area contributed by atoms with Crippen LogP contribution in [0.1, 0.15) is 19.3 Å². The third-order valence-electron chi connectivity index (χ3n) is 4.81.